The maximum atomic E-state index is 12.8. The number of carbonyl (C=O) groups excluding carboxylic acids is 2. The first-order valence-corrected chi connectivity index (χ1v) is 9.51. The number of anilines is 1. The van der Waals surface area contributed by atoms with Crippen molar-refractivity contribution >= 4 is 17.8 Å². The Morgan fingerprint density at radius 2 is 2.00 bits per heavy atom. The second-order valence-corrected chi connectivity index (χ2v) is 7.58. The molecule has 2 aliphatic heterocycles. The molecule has 3 atom stereocenters. The van der Waals surface area contributed by atoms with Crippen LogP contribution in [0.2, 0.25) is 0 Å². The summed E-state index contributed by atoms with van der Waals surface area (Å²) in [5.41, 5.74) is 0. The average Bonchev–Trinajstić information content (AvgIpc) is 3.23. The van der Waals surface area contributed by atoms with E-state index in [2.05, 4.69) is 10.4 Å². The van der Waals surface area contributed by atoms with Crippen LogP contribution in [0.4, 0.5) is 10.6 Å². The molecular weight excluding hydrogens is 318 g/mol. The van der Waals surface area contributed by atoms with Gasteiger partial charge in [0.05, 0.1) is 0 Å². The molecule has 0 bridgehead atoms. The first-order valence-electron chi connectivity index (χ1n) is 9.51. The standard InChI is InChI=1S/C18H27N5O2/c1-21-11-9-16(20-21)23-10-4-6-14(17(23)24)19-18(25)22-12-8-13-5-2-3-7-15(13)22/h9,11,13-15H,2-8,10,12H2,1H3,(H,19,25)/t13-,14?,15-/m1/s1. The van der Waals surface area contributed by atoms with E-state index in [0.29, 0.717) is 30.7 Å². The summed E-state index contributed by atoms with van der Waals surface area (Å²) in [6, 6.07) is 1.72. The number of aromatic nitrogens is 2. The van der Waals surface area contributed by atoms with E-state index in [4.69, 9.17) is 0 Å². The molecule has 136 valence electrons. The van der Waals surface area contributed by atoms with Gasteiger partial charge in [0, 0.05) is 38.4 Å². The first-order chi connectivity index (χ1) is 12.1. The number of aryl methyl sites for hydroxylation is 1. The molecule has 3 aliphatic rings. The van der Waals surface area contributed by atoms with Crippen molar-refractivity contribution < 1.29 is 9.59 Å². The molecule has 0 spiro atoms. The van der Waals surface area contributed by atoms with Gasteiger partial charge in [-0.05, 0) is 38.0 Å². The molecule has 7 nitrogen and oxygen atoms in total. The number of rotatable bonds is 2. The van der Waals surface area contributed by atoms with Crippen LogP contribution < -0.4 is 10.2 Å². The summed E-state index contributed by atoms with van der Waals surface area (Å²) in [5.74, 6) is 1.28. The third-order valence-corrected chi connectivity index (χ3v) is 5.98. The minimum Gasteiger partial charge on any atom is -0.326 e. The fourth-order valence-electron chi connectivity index (χ4n) is 4.67. The van der Waals surface area contributed by atoms with Gasteiger partial charge in [0.2, 0.25) is 0 Å². The number of likely N-dealkylation sites (tertiary alicyclic amines) is 1. The predicted octanol–water partition coefficient (Wildman–Crippen LogP) is 1.89. The minimum absolute atomic E-state index is 0.0438. The number of carbonyl (C=O) groups is 2. The molecule has 1 N–H and O–H groups in total. The number of fused-ring (bicyclic) bond motifs is 1. The maximum absolute atomic E-state index is 12.8. The van der Waals surface area contributed by atoms with Crippen molar-refractivity contribution in [2.45, 2.75) is 57.0 Å². The van der Waals surface area contributed by atoms with E-state index in [1.54, 1.807) is 9.58 Å². The van der Waals surface area contributed by atoms with E-state index in [1.165, 1.54) is 19.3 Å². The summed E-state index contributed by atoms with van der Waals surface area (Å²) >= 11 is 0. The summed E-state index contributed by atoms with van der Waals surface area (Å²) in [5, 5.41) is 7.34. The molecule has 3 fully saturated rings. The molecule has 1 aromatic rings. The summed E-state index contributed by atoms with van der Waals surface area (Å²) < 4.78 is 1.69. The van der Waals surface area contributed by atoms with Crippen LogP contribution in [0.25, 0.3) is 0 Å². The lowest BCUT2D eigenvalue weighted by molar-refractivity contribution is -0.121. The van der Waals surface area contributed by atoms with E-state index in [-0.39, 0.29) is 11.9 Å². The van der Waals surface area contributed by atoms with Crippen molar-refractivity contribution in [3.05, 3.63) is 12.3 Å². The quantitative estimate of drug-likeness (QED) is 0.890. The number of amides is 3. The molecule has 2 saturated heterocycles. The Labute approximate surface area is 148 Å². The summed E-state index contributed by atoms with van der Waals surface area (Å²) in [6.45, 7) is 1.49. The number of urea groups is 1. The Kier molecular flexibility index (Phi) is 4.39. The van der Waals surface area contributed by atoms with Gasteiger partial charge in [0.15, 0.2) is 5.82 Å². The van der Waals surface area contributed by atoms with Crippen molar-refractivity contribution in [2.75, 3.05) is 18.0 Å². The zero-order valence-corrected chi connectivity index (χ0v) is 14.9. The van der Waals surface area contributed by atoms with Crippen molar-refractivity contribution in [3.8, 4) is 0 Å². The molecule has 1 saturated carbocycles. The second kappa shape index (κ2) is 6.69. The van der Waals surface area contributed by atoms with Crippen LogP contribution in [0.15, 0.2) is 12.3 Å². The van der Waals surface area contributed by atoms with Crippen molar-refractivity contribution in [1.29, 1.82) is 0 Å². The van der Waals surface area contributed by atoms with Gasteiger partial charge in [-0.15, -0.1) is 0 Å². The van der Waals surface area contributed by atoms with Crippen molar-refractivity contribution in [1.82, 2.24) is 20.0 Å². The number of nitrogens with one attached hydrogen (secondary N) is 1. The van der Waals surface area contributed by atoms with Crippen LogP contribution in [0, 0.1) is 5.92 Å². The molecule has 1 aromatic heterocycles. The van der Waals surface area contributed by atoms with Crippen LogP contribution in [0.3, 0.4) is 0 Å². The molecule has 4 rings (SSSR count). The molecule has 1 unspecified atom stereocenters. The highest BCUT2D eigenvalue weighted by atomic mass is 16.2. The molecule has 0 radical (unpaired) electrons. The van der Waals surface area contributed by atoms with Gasteiger partial charge in [-0.2, -0.15) is 5.10 Å². The monoisotopic (exact) mass is 345 g/mol. The van der Waals surface area contributed by atoms with Crippen molar-refractivity contribution in [3.63, 3.8) is 0 Å². The van der Waals surface area contributed by atoms with Gasteiger partial charge in [-0.25, -0.2) is 4.79 Å². The van der Waals surface area contributed by atoms with Gasteiger partial charge in [-0.3, -0.25) is 14.4 Å². The zero-order valence-electron chi connectivity index (χ0n) is 14.9. The Hall–Kier alpha value is -2.05. The highest BCUT2D eigenvalue weighted by molar-refractivity contribution is 5.99. The fraction of sp³-hybridized carbons (Fsp3) is 0.722. The molecule has 1 aliphatic carbocycles. The summed E-state index contributed by atoms with van der Waals surface area (Å²) in [4.78, 5) is 29.3. The van der Waals surface area contributed by atoms with Crippen LogP contribution in [0.5, 0.6) is 0 Å². The molecule has 25 heavy (non-hydrogen) atoms. The largest absolute Gasteiger partial charge is 0.326 e. The summed E-state index contributed by atoms with van der Waals surface area (Å²) in [7, 11) is 1.84. The number of hydrogen-bond donors (Lipinski definition) is 1. The van der Waals surface area contributed by atoms with E-state index < -0.39 is 6.04 Å². The highest BCUT2D eigenvalue weighted by Crippen LogP contribution is 2.36. The lowest BCUT2D eigenvalue weighted by Gasteiger charge is -2.35. The topological polar surface area (TPSA) is 70.5 Å². The smallest absolute Gasteiger partial charge is 0.318 e. The third kappa shape index (κ3) is 3.12. The lowest BCUT2D eigenvalue weighted by Crippen LogP contribution is -2.56. The Balaban J connectivity index is 1.41. The SMILES string of the molecule is Cn1ccc(N2CCCC(NC(=O)N3CC[C@H]4CCCC[C@H]43)C2=O)n1. The minimum atomic E-state index is -0.439. The fourth-order valence-corrected chi connectivity index (χ4v) is 4.67. The van der Waals surface area contributed by atoms with E-state index in [1.807, 2.05) is 24.2 Å². The van der Waals surface area contributed by atoms with E-state index in [9.17, 15) is 9.59 Å². The van der Waals surface area contributed by atoms with Gasteiger partial charge in [0.1, 0.15) is 6.04 Å². The van der Waals surface area contributed by atoms with Crippen LogP contribution in [-0.2, 0) is 11.8 Å². The Morgan fingerprint density at radius 1 is 1.16 bits per heavy atom. The second-order valence-electron chi connectivity index (χ2n) is 7.58. The average molecular weight is 345 g/mol. The molecule has 0 aromatic carbocycles. The molecule has 3 amide bonds. The van der Waals surface area contributed by atoms with Crippen molar-refractivity contribution in [2.24, 2.45) is 13.0 Å². The van der Waals surface area contributed by atoms with Crippen LogP contribution >= 0.6 is 0 Å². The first kappa shape index (κ1) is 16.4. The maximum Gasteiger partial charge on any atom is 0.318 e. The van der Waals surface area contributed by atoms with Crippen LogP contribution in [-0.4, -0.2) is 51.8 Å². The van der Waals surface area contributed by atoms with Crippen LogP contribution in [0.1, 0.15) is 44.9 Å². The summed E-state index contributed by atoms with van der Waals surface area (Å²) in [6.07, 6.45) is 9.36. The van der Waals surface area contributed by atoms with Gasteiger partial charge < -0.3 is 10.2 Å². The highest BCUT2D eigenvalue weighted by Gasteiger charge is 2.40. The van der Waals surface area contributed by atoms with Gasteiger partial charge in [0.25, 0.3) is 5.91 Å². The Bertz CT molecular complexity index is 658. The lowest BCUT2D eigenvalue weighted by atomic mass is 9.85. The normalized spacial score (nSPS) is 29.6. The number of piperidine rings is 1. The zero-order chi connectivity index (χ0) is 17.4. The number of hydrogen-bond acceptors (Lipinski definition) is 3. The predicted molar refractivity (Wildman–Crippen MR) is 94.2 cm³/mol. The molecular formula is C18H27N5O2. The Morgan fingerprint density at radius 3 is 2.80 bits per heavy atom. The van der Waals surface area contributed by atoms with E-state index in [0.717, 1.165) is 25.8 Å². The molecule has 3 heterocycles. The molecule has 7 heteroatoms. The van der Waals surface area contributed by atoms with E-state index >= 15 is 0 Å². The van der Waals surface area contributed by atoms with Gasteiger partial charge >= 0.3 is 6.03 Å². The number of nitrogens with zero attached hydrogens (tertiary/aromatic N) is 4. The van der Waals surface area contributed by atoms with Gasteiger partial charge in [-0.1, -0.05) is 12.8 Å². The third-order valence-electron chi connectivity index (χ3n) is 5.98.